The summed E-state index contributed by atoms with van der Waals surface area (Å²) >= 11 is 5.91. The first-order valence-electron chi connectivity index (χ1n) is 5.28. The molecule has 8 heteroatoms. The number of nitrogens with one attached hydrogen (secondary N) is 1. The summed E-state index contributed by atoms with van der Waals surface area (Å²) in [6, 6.07) is 3.88. The van der Waals surface area contributed by atoms with Gasteiger partial charge in [-0.05, 0) is 12.5 Å². The summed E-state index contributed by atoms with van der Waals surface area (Å²) in [5.41, 5.74) is 0.425. The van der Waals surface area contributed by atoms with E-state index in [0.29, 0.717) is 12.1 Å². The van der Waals surface area contributed by atoms with Crippen molar-refractivity contribution in [2.45, 2.75) is 12.5 Å². The Hall–Kier alpha value is -1.34. The van der Waals surface area contributed by atoms with E-state index >= 15 is 0 Å². The summed E-state index contributed by atoms with van der Waals surface area (Å²) in [6.45, 7) is 0. The number of sulfone groups is 1. The number of non-ortho nitro benzene ring substituents is 1. The van der Waals surface area contributed by atoms with Gasteiger partial charge in [-0.3, -0.25) is 10.1 Å². The Labute approximate surface area is 109 Å². The highest BCUT2D eigenvalue weighted by Gasteiger charge is 2.28. The number of rotatable bonds is 3. The van der Waals surface area contributed by atoms with Crippen molar-refractivity contribution in [3.63, 3.8) is 0 Å². The van der Waals surface area contributed by atoms with Crippen LogP contribution in [0.2, 0.25) is 5.02 Å². The van der Waals surface area contributed by atoms with Gasteiger partial charge in [0.25, 0.3) is 5.69 Å². The fourth-order valence-electron chi connectivity index (χ4n) is 1.86. The number of hydrogen-bond donors (Lipinski definition) is 1. The molecule has 1 aromatic carbocycles. The monoisotopic (exact) mass is 290 g/mol. The van der Waals surface area contributed by atoms with Crippen molar-refractivity contribution in [3.8, 4) is 0 Å². The lowest BCUT2D eigenvalue weighted by Gasteiger charge is -2.13. The Morgan fingerprint density at radius 3 is 2.67 bits per heavy atom. The molecule has 1 aliphatic rings. The van der Waals surface area contributed by atoms with Crippen LogP contribution in [0.25, 0.3) is 0 Å². The lowest BCUT2D eigenvalue weighted by molar-refractivity contribution is -0.384. The van der Waals surface area contributed by atoms with Crippen molar-refractivity contribution in [1.29, 1.82) is 0 Å². The van der Waals surface area contributed by atoms with Crippen LogP contribution in [0, 0.1) is 10.1 Å². The van der Waals surface area contributed by atoms with Crippen molar-refractivity contribution < 1.29 is 13.3 Å². The van der Waals surface area contributed by atoms with Crippen LogP contribution in [-0.2, 0) is 9.84 Å². The molecule has 1 atom stereocenters. The minimum absolute atomic E-state index is 0.0698. The van der Waals surface area contributed by atoms with Crippen molar-refractivity contribution in [3.05, 3.63) is 33.3 Å². The number of anilines is 1. The fraction of sp³-hybridized carbons (Fsp3) is 0.400. The highest BCUT2D eigenvalue weighted by molar-refractivity contribution is 7.91. The van der Waals surface area contributed by atoms with Gasteiger partial charge >= 0.3 is 0 Å². The first-order valence-corrected chi connectivity index (χ1v) is 7.48. The summed E-state index contributed by atoms with van der Waals surface area (Å²) in [6.07, 6.45) is 0.523. The molecule has 6 nitrogen and oxygen atoms in total. The molecule has 0 radical (unpaired) electrons. The molecule has 2 rings (SSSR count). The Balaban J connectivity index is 2.13. The molecule has 0 bridgehead atoms. The Morgan fingerprint density at radius 1 is 1.44 bits per heavy atom. The number of nitro benzene ring substituents is 1. The third-order valence-electron chi connectivity index (χ3n) is 2.76. The quantitative estimate of drug-likeness (QED) is 0.678. The summed E-state index contributed by atoms with van der Waals surface area (Å²) in [5.74, 6) is 0.232. The van der Waals surface area contributed by atoms with Gasteiger partial charge in [0, 0.05) is 18.2 Å². The molecule has 0 aromatic heterocycles. The van der Waals surface area contributed by atoms with Crippen LogP contribution in [0.5, 0.6) is 0 Å². The van der Waals surface area contributed by atoms with Crippen LogP contribution in [0.3, 0.4) is 0 Å². The molecule has 1 N–H and O–H groups in total. The zero-order chi connectivity index (χ0) is 13.3. The first kappa shape index (κ1) is 13.1. The summed E-state index contributed by atoms with van der Waals surface area (Å²) in [5, 5.41) is 13.8. The molecule has 0 aliphatic carbocycles. The molecule has 1 aromatic rings. The number of halogens is 1. The second kappa shape index (κ2) is 4.74. The minimum Gasteiger partial charge on any atom is -0.380 e. The van der Waals surface area contributed by atoms with Gasteiger partial charge in [0.1, 0.15) is 0 Å². The predicted octanol–water partition coefficient (Wildman–Crippen LogP) is 1.85. The van der Waals surface area contributed by atoms with Crippen LogP contribution in [-0.4, -0.2) is 30.9 Å². The topological polar surface area (TPSA) is 89.3 Å². The van der Waals surface area contributed by atoms with Gasteiger partial charge in [-0.15, -0.1) is 0 Å². The van der Waals surface area contributed by atoms with Gasteiger partial charge in [-0.1, -0.05) is 11.6 Å². The van der Waals surface area contributed by atoms with Crippen molar-refractivity contribution in [2.75, 3.05) is 16.8 Å². The zero-order valence-corrected chi connectivity index (χ0v) is 10.9. The van der Waals surface area contributed by atoms with Crippen LogP contribution in [0.4, 0.5) is 11.4 Å². The summed E-state index contributed by atoms with van der Waals surface area (Å²) in [7, 11) is -2.96. The maximum atomic E-state index is 11.3. The van der Waals surface area contributed by atoms with Gasteiger partial charge in [-0.2, -0.15) is 0 Å². The van der Waals surface area contributed by atoms with Crippen LogP contribution < -0.4 is 5.32 Å². The van der Waals surface area contributed by atoms with E-state index in [1.807, 2.05) is 0 Å². The lowest BCUT2D eigenvalue weighted by atomic mass is 10.2. The van der Waals surface area contributed by atoms with E-state index in [2.05, 4.69) is 5.32 Å². The van der Waals surface area contributed by atoms with Gasteiger partial charge in [-0.25, -0.2) is 8.42 Å². The molecule has 1 heterocycles. The SMILES string of the molecule is O=[N+]([O-])c1ccc(NC2CCS(=O)(=O)C2)c(Cl)c1. The Kier molecular flexibility index (Phi) is 3.45. The second-order valence-corrected chi connectivity index (χ2v) is 6.80. The molecular formula is C10H11ClN2O4S. The number of benzene rings is 1. The predicted molar refractivity (Wildman–Crippen MR) is 68.8 cm³/mol. The van der Waals surface area contributed by atoms with E-state index in [4.69, 9.17) is 11.6 Å². The minimum atomic E-state index is -2.96. The molecule has 1 fully saturated rings. The third-order valence-corrected chi connectivity index (χ3v) is 4.84. The summed E-state index contributed by atoms with van der Waals surface area (Å²) in [4.78, 5) is 10.0. The van der Waals surface area contributed by atoms with E-state index in [1.54, 1.807) is 0 Å². The molecule has 1 saturated heterocycles. The maximum Gasteiger partial charge on any atom is 0.271 e. The Bertz CT molecular complexity index is 588. The second-order valence-electron chi connectivity index (χ2n) is 4.17. The summed E-state index contributed by atoms with van der Waals surface area (Å²) < 4.78 is 22.6. The van der Waals surface area contributed by atoms with E-state index < -0.39 is 14.8 Å². The average molecular weight is 291 g/mol. The molecule has 18 heavy (non-hydrogen) atoms. The van der Waals surface area contributed by atoms with Gasteiger partial charge < -0.3 is 5.32 Å². The van der Waals surface area contributed by atoms with Crippen molar-refractivity contribution in [2.24, 2.45) is 0 Å². The van der Waals surface area contributed by atoms with E-state index in [1.165, 1.54) is 18.2 Å². The first-order chi connectivity index (χ1) is 8.37. The highest BCUT2D eigenvalue weighted by Crippen LogP contribution is 2.28. The molecule has 0 saturated carbocycles. The van der Waals surface area contributed by atoms with Gasteiger partial charge in [0.2, 0.25) is 0 Å². The van der Waals surface area contributed by atoms with E-state index in [9.17, 15) is 18.5 Å². The standard InChI is InChI=1S/C10H11ClN2O4S/c11-9-5-8(13(14)15)1-2-10(9)12-7-3-4-18(16,17)6-7/h1-2,5,7,12H,3-4,6H2. The van der Waals surface area contributed by atoms with Crippen molar-refractivity contribution >= 4 is 32.8 Å². The van der Waals surface area contributed by atoms with Gasteiger partial charge in [0.15, 0.2) is 9.84 Å². The molecule has 98 valence electrons. The molecule has 1 unspecified atom stereocenters. The van der Waals surface area contributed by atoms with Crippen LogP contribution in [0.1, 0.15) is 6.42 Å². The van der Waals surface area contributed by atoms with E-state index in [0.717, 1.165) is 0 Å². The Morgan fingerprint density at radius 2 is 2.17 bits per heavy atom. The highest BCUT2D eigenvalue weighted by atomic mass is 35.5. The number of nitrogens with zero attached hydrogens (tertiary/aromatic N) is 1. The number of nitro groups is 1. The van der Waals surface area contributed by atoms with Crippen LogP contribution >= 0.6 is 11.6 Å². The zero-order valence-electron chi connectivity index (χ0n) is 9.30. The van der Waals surface area contributed by atoms with Gasteiger partial charge in [0.05, 0.1) is 27.1 Å². The molecule has 0 spiro atoms. The largest absolute Gasteiger partial charge is 0.380 e. The van der Waals surface area contributed by atoms with E-state index in [-0.39, 0.29) is 28.3 Å². The normalized spacial score (nSPS) is 21.7. The molecule has 0 amide bonds. The maximum absolute atomic E-state index is 11.3. The smallest absolute Gasteiger partial charge is 0.271 e. The molecular weight excluding hydrogens is 280 g/mol. The van der Waals surface area contributed by atoms with Crippen molar-refractivity contribution in [1.82, 2.24) is 0 Å². The lowest BCUT2D eigenvalue weighted by Crippen LogP contribution is -2.20. The average Bonchev–Trinajstić information content (AvgIpc) is 2.61. The number of hydrogen-bond acceptors (Lipinski definition) is 5. The fourth-order valence-corrected chi connectivity index (χ4v) is 3.77. The van der Waals surface area contributed by atoms with Crippen LogP contribution in [0.15, 0.2) is 18.2 Å². The molecule has 1 aliphatic heterocycles. The third kappa shape index (κ3) is 2.91.